The van der Waals surface area contributed by atoms with E-state index in [4.69, 9.17) is 5.11 Å². The van der Waals surface area contributed by atoms with Crippen LogP contribution in [0.3, 0.4) is 0 Å². The molecule has 0 unspecified atom stereocenters. The van der Waals surface area contributed by atoms with Crippen molar-refractivity contribution in [2.45, 2.75) is 71.1 Å². The molecule has 0 heterocycles. The molecule has 0 fully saturated rings. The van der Waals surface area contributed by atoms with Crippen LogP contribution in [-0.2, 0) is 19.1 Å². The van der Waals surface area contributed by atoms with Crippen LogP contribution in [0, 0.1) is 0 Å². The minimum Gasteiger partial charge on any atom is -0.481 e. The highest BCUT2D eigenvalue weighted by Crippen LogP contribution is 2.07. The van der Waals surface area contributed by atoms with Crippen molar-refractivity contribution >= 4 is 17.9 Å². The summed E-state index contributed by atoms with van der Waals surface area (Å²) in [5, 5.41) is 8.41. The van der Waals surface area contributed by atoms with E-state index in [0.717, 1.165) is 32.1 Å². The Morgan fingerprint density at radius 2 is 1.26 bits per heavy atom. The van der Waals surface area contributed by atoms with E-state index >= 15 is 0 Å². The number of hydrogen-bond donors (Lipinski definition) is 1. The van der Waals surface area contributed by atoms with E-state index in [1.807, 2.05) is 0 Å². The number of aliphatic carboxylic acids is 1. The quantitative estimate of drug-likeness (QED) is 0.355. The smallest absolute Gasteiger partial charge is 0.313 e. The average Bonchev–Trinajstić information content (AvgIpc) is 2.34. The molecule has 110 valence electrons. The maximum absolute atomic E-state index is 11.3. The Hall–Kier alpha value is -1.39. The molecule has 0 saturated heterocycles. The summed E-state index contributed by atoms with van der Waals surface area (Å²) >= 11 is 0. The predicted octanol–water partition coefficient (Wildman–Crippen LogP) is 3.06. The summed E-state index contributed by atoms with van der Waals surface area (Å²) in [7, 11) is 0. The van der Waals surface area contributed by atoms with Gasteiger partial charge in [0, 0.05) is 19.3 Å². The normalized spacial score (nSPS) is 10.2. The minimum absolute atomic E-state index is 0.0403. The fraction of sp³-hybridized carbons (Fsp3) is 0.786. The SMILES string of the molecule is CCCCCCCC(=O)OC(=O)CCCCC(=O)O. The summed E-state index contributed by atoms with van der Waals surface area (Å²) < 4.78 is 4.64. The second-order valence-electron chi connectivity index (χ2n) is 4.61. The van der Waals surface area contributed by atoms with Gasteiger partial charge in [-0.3, -0.25) is 14.4 Å². The van der Waals surface area contributed by atoms with Crippen LogP contribution >= 0.6 is 0 Å². The summed E-state index contributed by atoms with van der Waals surface area (Å²) in [6.45, 7) is 2.12. The van der Waals surface area contributed by atoms with Crippen molar-refractivity contribution in [3.05, 3.63) is 0 Å². The van der Waals surface area contributed by atoms with Crippen molar-refractivity contribution in [3.8, 4) is 0 Å². The summed E-state index contributed by atoms with van der Waals surface area (Å²) in [5.41, 5.74) is 0. The third-order valence-electron chi connectivity index (χ3n) is 2.73. The maximum atomic E-state index is 11.3. The lowest BCUT2D eigenvalue weighted by molar-refractivity contribution is -0.160. The largest absolute Gasteiger partial charge is 0.481 e. The van der Waals surface area contributed by atoms with Gasteiger partial charge < -0.3 is 9.84 Å². The molecule has 19 heavy (non-hydrogen) atoms. The molecule has 0 spiro atoms. The van der Waals surface area contributed by atoms with E-state index in [0.29, 0.717) is 12.8 Å². The number of unbranched alkanes of at least 4 members (excludes halogenated alkanes) is 5. The summed E-state index contributed by atoms with van der Waals surface area (Å²) in [4.78, 5) is 32.8. The maximum Gasteiger partial charge on any atom is 0.313 e. The first kappa shape index (κ1) is 17.6. The monoisotopic (exact) mass is 272 g/mol. The molecule has 1 N–H and O–H groups in total. The first-order valence-electron chi connectivity index (χ1n) is 7.01. The fourth-order valence-corrected chi connectivity index (χ4v) is 1.65. The number of carboxylic acids is 1. The van der Waals surface area contributed by atoms with Gasteiger partial charge in [0.2, 0.25) is 0 Å². The van der Waals surface area contributed by atoms with Gasteiger partial charge in [-0.2, -0.15) is 0 Å². The molecule has 0 rings (SSSR count). The van der Waals surface area contributed by atoms with Crippen LogP contribution in [0.2, 0.25) is 0 Å². The molecular formula is C14H24O5. The van der Waals surface area contributed by atoms with Crippen LogP contribution in [0.1, 0.15) is 71.1 Å². The molecule has 0 aliphatic heterocycles. The van der Waals surface area contributed by atoms with Gasteiger partial charge in [0.05, 0.1) is 0 Å². The van der Waals surface area contributed by atoms with Crippen LogP contribution in [0.5, 0.6) is 0 Å². The Labute approximate surface area is 114 Å². The van der Waals surface area contributed by atoms with Crippen molar-refractivity contribution < 1.29 is 24.2 Å². The van der Waals surface area contributed by atoms with Crippen LogP contribution in [0.25, 0.3) is 0 Å². The molecule has 5 nitrogen and oxygen atoms in total. The van der Waals surface area contributed by atoms with E-state index in [9.17, 15) is 14.4 Å². The molecule has 0 amide bonds. The number of carbonyl (C=O) groups excluding carboxylic acids is 2. The first-order chi connectivity index (χ1) is 9.06. The van der Waals surface area contributed by atoms with Crippen LogP contribution in [0.4, 0.5) is 0 Å². The topological polar surface area (TPSA) is 80.7 Å². The van der Waals surface area contributed by atoms with E-state index in [2.05, 4.69) is 11.7 Å². The third kappa shape index (κ3) is 12.9. The predicted molar refractivity (Wildman–Crippen MR) is 70.6 cm³/mol. The Bertz CT molecular complexity index is 286. The van der Waals surface area contributed by atoms with Crippen LogP contribution < -0.4 is 0 Å². The third-order valence-corrected chi connectivity index (χ3v) is 2.73. The van der Waals surface area contributed by atoms with Gasteiger partial charge in [0.25, 0.3) is 0 Å². The van der Waals surface area contributed by atoms with E-state index < -0.39 is 17.9 Å². The van der Waals surface area contributed by atoms with E-state index in [1.165, 1.54) is 0 Å². The van der Waals surface area contributed by atoms with E-state index in [1.54, 1.807) is 0 Å². The van der Waals surface area contributed by atoms with Gasteiger partial charge in [0.1, 0.15) is 0 Å². The lowest BCUT2D eigenvalue weighted by atomic mass is 10.1. The number of carbonyl (C=O) groups is 3. The lowest BCUT2D eigenvalue weighted by Gasteiger charge is -2.03. The van der Waals surface area contributed by atoms with Gasteiger partial charge in [0.15, 0.2) is 0 Å². The van der Waals surface area contributed by atoms with Gasteiger partial charge in [-0.05, 0) is 19.3 Å². The fourth-order valence-electron chi connectivity index (χ4n) is 1.65. The number of esters is 2. The Morgan fingerprint density at radius 3 is 1.79 bits per heavy atom. The molecule has 0 aromatic heterocycles. The second kappa shape index (κ2) is 11.7. The van der Waals surface area contributed by atoms with Gasteiger partial charge >= 0.3 is 17.9 Å². The van der Waals surface area contributed by atoms with Crippen molar-refractivity contribution in [2.24, 2.45) is 0 Å². The Kier molecular flexibility index (Phi) is 10.8. The van der Waals surface area contributed by atoms with Crippen LogP contribution in [-0.4, -0.2) is 23.0 Å². The number of carboxylic acid groups (broad SMARTS) is 1. The molecule has 0 aliphatic rings. The molecule has 0 atom stereocenters. The van der Waals surface area contributed by atoms with Gasteiger partial charge in [-0.15, -0.1) is 0 Å². The zero-order chi connectivity index (χ0) is 14.5. The first-order valence-corrected chi connectivity index (χ1v) is 7.01. The molecule has 0 saturated carbocycles. The molecular weight excluding hydrogens is 248 g/mol. The lowest BCUT2D eigenvalue weighted by Crippen LogP contribution is -2.12. The zero-order valence-electron chi connectivity index (χ0n) is 11.7. The van der Waals surface area contributed by atoms with Crippen molar-refractivity contribution in [3.63, 3.8) is 0 Å². The summed E-state index contributed by atoms with van der Waals surface area (Å²) in [5.74, 6) is -1.90. The highest BCUT2D eigenvalue weighted by atomic mass is 16.6. The summed E-state index contributed by atoms with van der Waals surface area (Å²) in [6.07, 6.45) is 6.45. The Morgan fingerprint density at radius 1 is 0.789 bits per heavy atom. The minimum atomic E-state index is -0.878. The van der Waals surface area contributed by atoms with Crippen molar-refractivity contribution in [2.75, 3.05) is 0 Å². The van der Waals surface area contributed by atoms with Gasteiger partial charge in [-0.25, -0.2) is 0 Å². The number of rotatable bonds is 11. The van der Waals surface area contributed by atoms with Gasteiger partial charge in [-0.1, -0.05) is 32.6 Å². The molecule has 5 heteroatoms. The second-order valence-corrected chi connectivity index (χ2v) is 4.61. The molecule has 0 radical (unpaired) electrons. The molecule has 0 bridgehead atoms. The molecule has 0 aromatic carbocycles. The highest BCUT2D eigenvalue weighted by molar-refractivity contribution is 5.85. The standard InChI is InChI=1S/C14H24O5/c1-2-3-4-5-6-10-13(17)19-14(18)11-8-7-9-12(15)16/h2-11H2,1H3,(H,15,16). The Balaban J connectivity index is 3.47. The van der Waals surface area contributed by atoms with E-state index in [-0.39, 0.29) is 19.3 Å². The van der Waals surface area contributed by atoms with Crippen molar-refractivity contribution in [1.82, 2.24) is 0 Å². The van der Waals surface area contributed by atoms with Crippen molar-refractivity contribution in [1.29, 1.82) is 0 Å². The molecule has 0 aromatic rings. The number of ether oxygens (including phenoxy) is 1. The molecule has 0 aliphatic carbocycles. The summed E-state index contributed by atoms with van der Waals surface area (Å²) in [6, 6.07) is 0. The average molecular weight is 272 g/mol. The highest BCUT2D eigenvalue weighted by Gasteiger charge is 2.10. The zero-order valence-corrected chi connectivity index (χ0v) is 11.7. The number of hydrogen-bond acceptors (Lipinski definition) is 4. The van der Waals surface area contributed by atoms with Crippen LogP contribution in [0.15, 0.2) is 0 Å².